The Hall–Kier alpha value is -5.33. The van der Waals surface area contributed by atoms with E-state index in [9.17, 15) is 0 Å². The summed E-state index contributed by atoms with van der Waals surface area (Å²) in [6.45, 7) is 1.87. The van der Waals surface area contributed by atoms with Crippen molar-refractivity contribution in [2.75, 3.05) is 55.9 Å². The normalized spacial score (nSPS) is 20.1. The van der Waals surface area contributed by atoms with Crippen LogP contribution in [0.15, 0.2) is 103 Å². The lowest BCUT2D eigenvalue weighted by Crippen LogP contribution is -2.29. The standard InChI is InChI=1S/C43H47N3O8/c1-47-30-20-38(49-3)32(39(21-30)50-4)24-45-36(28-14-9-7-10-15-28)26-53-42(45)34-18-13-19-35(44-34)43-46(37(27-54-43)29-16-11-8-12-17-29)25-33-40(51-5)22-31(48-2)23-41(33)52-6/h7-23,36-37,42-43H,24-27H2,1-6H3/t36-,37-,42?,43?/m0/s1. The summed E-state index contributed by atoms with van der Waals surface area (Å²) >= 11 is 0. The molecule has 3 heterocycles. The minimum Gasteiger partial charge on any atom is -0.496 e. The van der Waals surface area contributed by atoms with Crippen LogP contribution in [0.5, 0.6) is 34.5 Å². The lowest BCUT2D eigenvalue weighted by atomic mass is 10.0. The molecular formula is C43H47N3O8. The van der Waals surface area contributed by atoms with Crippen molar-refractivity contribution in [3.8, 4) is 34.5 Å². The molecule has 2 saturated heterocycles. The van der Waals surface area contributed by atoms with Crippen LogP contribution in [-0.4, -0.2) is 70.7 Å². The van der Waals surface area contributed by atoms with Crippen LogP contribution < -0.4 is 28.4 Å². The van der Waals surface area contributed by atoms with E-state index in [0.29, 0.717) is 60.8 Å². The minimum absolute atomic E-state index is 0.0603. The van der Waals surface area contributed by atoms with Gasteiger partial charge in [-0.2, -0.15) is 0 Å². The highest BCUT2D eigenvalue weighted by Gasteiger charge is 2.41. The number of hydrogen-bond acceptors (Lipinski definition) is 11. The number of rotatable bonds is 14. The molecule has 0 saturated carbocycles. The van der Waals surface area contributed by atoms with Crippen molar-refractivity contribution in [3.05, 3.63) is 137 Å². The maximum Gasteiger partial charge on any atom is 0.154 e. The van der Waals surface area contributed by atoms with Gasteiger partial charge in [-0.1, -0.05) is 66.7 Å². The van der Waals surface area contributed by atoms with Gasteiger partial charge in [-0.3, -0.25) is 9.80 Å². The number of nitrogens with zero attached hydrogens (tertiary/aromatic N) is 3. The summed E-state index contributed by atoms with van der Waals surface area (Å²) in [7, 11) is 9.88. The SMILES string of the molecule is COc1cc(OC)c(CN2C(c3cccc(C4OC[C@@H](c5ccccc5)N4Cc4c(OC)cc(OC)cc4OC)n3)OC[C@H]2c2ccccc2)c(OC)c1. The fraction of sp³-hybridized carbons (Fsp3) is 0.326. The average molecular weight is 734 g/mol. The Bertz CT molecular complexity index is 1820. The van der Waals surface area contributed by atoms with Gasteiger partial charge in [-0.25, -0.2) is 4.98 Å². The lowest BCUT2D eigenvalue weighted by Gasteiger charge is -2.31. The van der Waals surface area contributed by atoms with Crippen LogP contribution in [0.1, 0.15) is 58.2 Å². The molecule has 282 valence electrons. The van der Waals surface area contributed by atoms with E-state index in [-0.39, 0.29) is 12.1 Å². The fourth-order valence-electron chi connectivity index (χ4n) is 7.47. The Labute approximate surface area is 316 Å². The van der Waals surface area contributed by atoms with E-state index in [0.717, 1.165) is 33.6 Å². The van der Waals surface area contributed by atoms with E-state index >= 15 is 0 Å². The summed E-state index contributed by atoms with van der Waals surface area (Å²) < 4.78 is 47.9. The third-order valence-electron chi connectivity index (χ3n) is 10.2. The van der Waals surface area contributed by atoms with Gasteiger partial charge in [-0.05, 0) is 23.3 Å². The number of benzene rings is 4. The van der Waals surface area contributed by atoms with Crippen LogP contribution in [0.25, 0.3) is 0 Å². The summed E-state index contributed by atoms with van der Waals surface area (Å²) in [4.78, 5) is 9.92. The highest BCUT2D eigenvalue weighted by molar-refractivity contribution is 5.52. The molecule has 5 aromatic rings. The third kappa shape index (κ3) is 7.40. The van der Waals surface area contributed by atoms with Crippen LogP contribution in [-0.2, 0) is 22.6 Å². The molecule has 1 aromatic heterocycles. The van der Waals surface area contributed by atoms with Gasteiger partial charge in [0.2, 0.25) is 0 Å². The number of hydrogen-bond donors (Lipinski definition) is 0. The molecule has 2 aliphatic rings. The van der Waals surface area contributed by atoms with Crippen LogP contribution in [0.3, 0.4) is 0 Å². The number of aromatic nitrogens is 1. The quantitative estimate of drug-likeness (QED) is 0.113. The summed E-state index contributed by atoms with van der Waals surface area (Å²) in [6.07, 6.45) is -0.957. The number of ether oxygens (including phenoxy) is 8. The van der Waals surface area contributed by atoms with E-state index < -0.39 is 12.5 Å². The Morgan fingerprint density at radius 1 is 0.500 bits per heavy atom. The van der Waals surface area contributed by atoms with Gasteiger partial charge in [0.1, 0.15) is 34.5 Å². The molecule has 0 bridgehead atoms. The first-order valence-electron chi connectivity index (χ1n) is 17.9. The molecule has 0 radical (unpaired) electrons. The second kappa shape index (κ2) is 16.8. The molecule has 2 fully saturated rings. The molecule has 11 heteroatoms. The van der Waals surface area contributed by atoms with Crippen molar-refractivity contribution in [2.45, 2.75) is 37.6 Å². The molecule has 0 spiro atoms. The first-order valence-corrected chi connectivity index (χ1v) is 17.9. The molecular weight excluding hydrogens is 686 g/mol. The third-order valence-corrected chi connectivity index (χ3v) is 10.2. The van der Waals surface area contributed by atoms with E-state index in [4.69, 9.17) is 42.9 Å². The minimum atomic E-state index is -0.479. The predicted octanol–water partition coefficient (Wildman–Crippen LogP) is 7.68. The smallest absolute Gasteiger partial charge is 0.154 e. The summed E-state index contributed by atoms with van der Waals surface area (Å²) in [5.74, 6) is 3.95. The van der Waals surface area contributed by atoms with E-state index in [2.05, 4.69) is 58.3 Å². The molecule has 4 atom stereocenters. The number of pyridine rings is 1. The van der Waals surface area contributed by atoms with Crippen LogP contribution in [0.4, 0.5) is 0 Å². The second-order valence-electron chi connectivity index (χ2n) is 13.1. The maximum atomic E-state index is 6.65. The van der Waals surface area contributed by atoms with Crippen molar-refractivity contribution < 1.29 is 37.9 Å². The Morgan fingerprint density at radius 3 is 1.20 bits per heavy atom. The highest BCUT2D eigenvalue weighted by Crippen LogP contribution is 2.46. The molecule has 2 aliphatic heterocycles. The van der Waals surface area contributed by atoms with Crippen molar-refractivity contribution in [3.63, 3.8) is 0 Å². The first-order chi connectivity index (χ1) is 26.5. The van der Waals surface area contributed by atoms with Gasteiger partial charge in [0, 0.05) is 37.4 Å². The molecule has 4 aromatic carbocycles. The van der Waals surface area contributed by atoms with E-state index in [1.54, 1.807) is 42.7 Å². The van der Waals surface area contributed by atoms with Gasteiger partial charge in [-0.15, -0.1) is 0 Å². The Balaban J connectivity index is 1.27. The van der Waals surface area contributed by atoms with Gasteiger partial charge in [0.05, 0.1) is 90.5 Å². The zero-order valence-electron chi connectivity index (χ0n) is 31.6. The predicted molar refractivity (Wildman–Crippen MR) is 203 cm³/mol. The van der Waals surface area contributed by atoms with Crippen LogP contribution >= 0.6 is 0 Å². The zero-order chi connectivity index (χ0) is 37.6. The van der Waals surface area contributed by atoms with Crippen LogP contribution in [0, 0.1) is 0 Å². The lowest BCUT2D eigenvalue weighted by molar-refractivity contribution is 0.0118. The molecule has 0 aliphatic carbocycles. The van der Waals surface area contributed by atoms with E-state index in [1.807, 2.05) is 54.6 Å². The maximum absolute atomic E-state index is 6.65. The molecule has 0 amide bonds. The Kier molecular flexibility index (Phi) is 11.5. The number of methoxy groups -OCH3 is 6. The molecule has 0 N–H and O–H groups in total. The molecule has 54 heavy (non-hydrogen) atoms. The van der Waals surface area contributed by atoms with Crippen molar-refractivity contribution in [2.24, 2.45) is 0 Å². The summed E-state index contributed by atoms with van der Waals surface area (Å²) in [6, 6.07) is 34.2. The van der Waals surface area contributed by atoms with Gasteiger partial charge >= 0.3 is 0 Å². The Morgan fingerprint density at radius 2 is 0.870 bits per heavy atom. The van der Waals surface area contributed by atoms with Crippen molar-refractivity contribution in [1.82, 2.24) is 14.8 Å². The van der Waals surface area contributed by atoms with Gasteiger partial charge < -0.3 is 37.9 Å². The largest absolute Gasteiger partial charge is 0.496 e. The van der Waals surface area contributed by atoms with Crippen LogP contribution in [0.2, 0.25) is 0 Å². The molecule has 7 rings (SSSR count). The van der Waals surface area contributed by atoms with Gasteiger partial charge in [0.25, 0.3) is 0 Å². The topological polar surface area (TPSA) is 93.2 Å². The average Bonchev–Trinajstić information content (AvgIpc) is 3.86. The van der Waals surface area contributed by atoms with Gasteiger partial charge in [0.15, 0.2) is 12.5 Å². The monoisotopic (exact) mass is 733 g/mol. The molecule has 11 nitrogen and oxygen atoms in total. The highest BCUT2D eigenvalue weighted by atomic mass is 16.5. The van der Waals surface area contributed by atoms with E-state index in [1.165, 1.54) is 0 Å². The fourth-order valence-corrected chi connectivity index (χ4v) is 7.47. The summed E-state index contributed by atoms with van der Waals surface area (Å²) in [5.41, 5.74) is 5.58. The summed E-state index contributed by atoms with van der Waals surface area (Å²) in [5, 5.41) is 0. The zero-order valence-corrected chi connectivity index (χ0v) is 31.6. The first kappa shape index (κ1) is 37.0. The second-order valence-corrected chi connectivity index (χ2v) is 13.1. The van der Waals surface area contributed by atoms with Crippen molar-refractivity contribution in [1.29, 1.82) is 0 Å². The molecule has 2 unspecified atom stereocenters. The van der Waals surface area contributed by atoms with Crippen molar-refractivity contribution >= 4 is 0 Å².